The van der Waals surface area contributed by atoms with E-state index in [1.165, 1.54) is 30.3 Å². The predicted octanol–water partition coefficient (Wildman–Crippen LogP) is 5.51. The summed E-state index contributed by atoms with van der Waals surface area (Å²) in [6.07, 6.45) is 3.24. The van der Waals surface area contributed by atoms with Crippen molar-refractivity contribution in [3.05, 3.63) is 58.1 Å². The molecule has 3 aliphatic carbocycles. The van der Waals surface area contributed by atoms with E-state index >= 15 is 0 Å². The monoisotopic (exact) mass is 497 g/mol. The van der Waals surface area contributed by atoms with E-state index in [1.807, 2.05) is 0 Å². The summed E-state index contributed by atoms with van der Waals surface area (Å²) in [5.74, 6) is -0.374. The fourth-order valence-electron chi connectivity index (χ4n) is 4.86. The van der Waals surface area contributed by atoms with Gasteiger partial charge < -0.3 is 14.8 Å². The predicted molar refractivity (Wildman–Crippen MR) is 120 cm³/mol. The first-order valence-corrected chi connectivity index (χ1v) is 11.4. The first-order valence-electron chi connectivity index (χ1n) is 10.7. The number of benzene rings is 2. The summed E-state index contributed by atoms with van der Waals surface area (Å²) in [6.45, 7) is 0.335. The molecule has 5 nitrogen and oxygen atoms in total. The van der Waals surface area contributed by atoms with Gasteiger partial charge in [0, 0.05) is 30.5 Å². The van der Waals surface area contributed by atoms with Gasteiger partial charge >= 0.3 is 0 Å². The fourth-order valence-corrected chi connectivity index (χ4v) is 5.15. The molecule has 0 aliphatic heterocycles. The molecule has 2 aromatic carbocycles. The number of carbonyl (C=O) groups excluding carboxylic acids is 2. The van der Waals surface area contributed by atoms with E-state index in [4.69, 9.17) is 32.7 Å². The van der Waals surface area contributed by atoms with E-state index in [0.717, 1.165) is 19.3 Å². The van der Waals surface area contributed by atoms with E-state index in [1.54, 1.807) is 6.07 Å². The van der Waals surface area contributed by atoms with Crippen LogP contribution in [0, 0.1) is 17.0 Å². The third-order valence-electron chi connectivity index (χ3n) is 6.15. The summed E-state index contributed by atoms with van der Waals surface area (Å²) in [4.78, 5) is 24.6. The maximum atomic E-state index is 13.4. The summed E-state index contributed by atoms with van der Waals surface area (Å²) in [6, 6.07) is 8.21. The Morgan fingerprint density at radius 2 is 1.52 bits per heavy atom. The average molecular weight is 498 g/mol. The highest BCUT2D eigenvalue weighted by Gasteiger charge is 2.68. The van der Waals surface area contributed by atoms with Crippen LogP contribution in [0.2, 0.25) is 10.0 Å². The fraction of sp³-hybridized carbons (Fsp3) is 0.417. The molecule has 0 atom stereocenters. The highest BCUT2D eigenvalue weighted by atomic mass is 35.5. The van der Waals surface area contributed by atoms with E-state index in [2.05, 4.69) is 5.32 Å². The molecule has 3 fully saturated rings. The van der Waals surface area contributed by atoms with Crippen molar-refractivity contribution in [2.24, 2.45) is 5.41 Å². The molecule has 3 aliphatic rings. The number of hydrogen-bond acceptors (Lipinski definition) is 4. The van der Waals surface area contributed by atoms with Crippen molar-refractivity contribution in [3.8, 4) is 11.5 Å². The van der Waals surface area contributed by atoms with Gasteiger partial charge in [-0.1, -0.05) is 23.2 Å². The van der Waals surface area contributed by atoms with E-state index in [9.17, 15) is 18.4 Å². The number of nitrogens with one attached hydrogen (secondary N) is 1. The number of Topliss-reactive ketones (excluding diaryl/α,β-unsaturated/α-hetero) is 1. The number of carbonyl (C=O) groups is 2. The molecule has 2 aromatic rings. The maximum Gasteiger partial charge on any atom is 0.223 e. The maximum absolute atomic E-state index is 13.4. The van der Waals surface area contributed by atoms with Crippen LogP contribution in [0.15, 0.2) is 36.4 Å². The Morgan fingerprint density at radius 3 is 2.18 bits per heavy atom. The van der Waals surface area contributed by atoms with Crippen molar-refractivity contribution in [2.75, 3.05) is 13.2 Å². The molecule has 9 heteroatoms. The van der Waals surface area contributed by atoms with Gasteiger partial charge in [0.1, 0.15) is 28.9 Å². The molecule has 0 radical (unpaired) electrons. The van der Waals surface area contributed by atoms with Crippen molar-refractivity contribution in [3.63, 3.8) is 0 Å². The molecule has 0 unspecified atom stereocenters. The molecule has 33 heavy (non-hydrogen) atoms. The largest absolute Gasteiger partial charge is 0.493 e. The van der Waals surface area contributed by atoms with E-state index in [0.29, 0.717) is 17.9 Å². The number of ketones is 1. The van der Waals surface area contributed by atoms with Crippen molar-refractivity contribution < 1.29 is 27.8 Å². The second kappa shape index (κ2) is 9.47. The van der Waals surface area contributed by atoms with Crippen LogP contribution in [0.25, 0.3) is 0 Å². The topological polar surface area (TPSA) is 64.6 Å². The Morgan fingerprint density at radius 1 is 0.879 bits per heavy atom. The standard InChI is InChI=1S/C24H23Cl2F2NO4/c25-18-3-1-17(10-21(18)28)33-8-6-22(31)29-24-12-23(13-24,14-24)11-15(30)5-7-32-16-2-4-20(27)19(26)9-16/h1-4,9-10H,5-8,11-14H2,(H,29,31). The molecule has 0 heterocycles. The van der Waals surface area contributed by atoms with Crippen LogP contribution in [0.5, 0.6) is 11.5 Å². The first-order chi connectivity index (χ1) is 15.7. The van der Waals surface area contributed by atoms with Gasteiger partial charge in [-0.15, -0.1) is 0 Å². The number of amides is 1. The van der Waals surface area contributed by atoms with Crippen LogP contribution in [-0.4, -0.2) is 30.4 Å². The Labute approximate surface area is 200 Å². The van der Waals surface area contributed by atoms with Gasteiger partial charge in [-0.05, 0) is 48.9 Å². The van der Waals surface area contributed by atoms with Gasteiger partial charge in [-0.3, -0.25) is 9.59 Å². The highest BCUT2D eigenvalue weighted by Crippen LogP contribution is 2.69. The lowest BCUT2D eigenvalue weighted by atomic mass is 9.38. The third-order valence-corrected chi connectivity index (χ3v) is 6.74. The SMILES string of the molecule is O=C(CCOc1ccc(F)c(Cl)c1)CC12CC(NC(=O)CCOc3ccc(Cl)c(F)c3)(C1)C2. The van der Waals surface area contributed by atoms with Crippen molar-refractivity contribution in [1.29, 1.82) is 0 Å². The summed E-state index contributed by atoms with van der Waals surface area (Å²) in [5, 5.41) is 3.04. The second-order valence-corrected chi connectivity index (χ2v) is 9.74. The Bertz CT molecular complexity index is 977. The van der Waals surface area contributed by atoms with Crippen LogP contribution in [-0.2, 0) is 9.59 Å². The number of ether oxygens (including phenoxy) is 2. The highest BCUT2D eigenvalue weighted by molar-refractivity contribution is 6.31. The minimum absolute atomic E-state index is 0.0152. The third kappa shape index (κ3) is 5.58. The number of halogens is 4. The second-order valence-electron chi connectivity index (χ2n) is 8.92. The molecule has 0 spiro atoms. The summed E-state index contributed by atoms with van der Waals surface area (Å²) in [5.41, 5.74) is -0.244. The lowest BCUT2D eigenvalue weighted by Crippen LogP contribution is -2.75. The number of rotatable bonds is 11. The Hall–Kier alpha value is -2.38. The average Bonchev–Trinajstić information content (AvgIpc) is 2.71. The zero-order valence-corrected chi connectivity index (χ0v) is 19.3. The zero-order valence-electron chi connectivity index (χ0n) is 17.8. The minimum atomic E-state index is -0.571. The lowest BCUT2D eigenvalue weighted by Gasteiger charge is -2.70. The molecule has 176 valence electrons. The summed E-state index contributed by atoms with van der Waals surface area (Å²) in [7, 11) is 0. The van der Waals surface area contributed by atoms with Gasteiger partial charge in [0.2, 0.25) is 5.91 Å². The molecule has 0 saturated heterocycles. The normalized spacial score (nSPS) is 22.7. The molecule has 5 rings (SSSR count). The van der Waals surface area contributed by atoms with Crippen molar-refractivity contribution in [1.82, 2.24) is 5.32 Å². The molecule has 0 aromatic heterocycles. The van der Waals surface area contributed by atoms with Gasteiger partial charge in [-0.25, -0.2) is 8.78 Å². The Kier molecular flexibility index (Phi) is 6.82. The van der Waals surface area contributed by atoms with Gasteiger partial charge in [-0.2, -0.15) is 0 Å². The quantitative estimate of drug-likeness (QED) is 0.444. The van der Waals surface area contributed by atoms with E-state index in [-0.39, 0.29) is 58.7 Å². The Balaban J connectivity index is 1.11. The van der Waals surface area contributed by atoms with Crippen LogP contribution < -0.4 is 14.8 Å². The minimum Gasteiger partial charge on any atom is -0.493 e. The van der Waals surface area contributed by atoms with Gasteiger partial charge in [0.05, 0.1) is 29.7 Å². The smallest absolute Gasteiger partial charge is 0.223 e. The molecular weight excluding hydrogens is 475 g/mol. The molecule has 1 amide bonds. The van der Waals surface area contributed by atoms with E-state index < -0.39 is 11.6 Å². The zero-order chi connectivity index (χ0) is 23.6. The summed E-state index contributed by atoms with van der Waals surface area (Å²) >= 11 is 11.3. The lowest BCUT2D eigenvalue weighted by molar-refractivity contribution is -0.172. The van der Waals surface area contributed by atoms with Crippen LogP contribution in [0.4, 0.5) is 8.78 Å². The van der Waals surface area contributed by atoms with Gasteiger partial charge in [0.15, 0.2) is 0 Å². The molecule has 3 saturated carbocycles. The molecule has 1 N–H and O–H groups in total. The summed E-state index contributed by atoms with van der Waals surface area (Å²) < 4.78 is 37.5. The molecule has 2 bridgehead atoms. The van der Waals surface area contributed by atoms with Crippen LogP contribution in [0.3, 0.4) is 0 Å². The van der Waals surface area contributed by atoms with Crippen molar-refractivity contribution in [2.45, 2.75) is 44.1 Å². The number of hydrogen-bond donors (Lipinski definition) is 1. The van der Waals surface area contributed by atoms with Crippen molar-refractivity contribution >= 4 is 34.9 Å². The first kappa shape index (κ1) is 23.8. The molecular formula is C24H23Cl2F2NO4. The van der Waals surface area contributed by atoms with Crippen LogP contribution >= 0.6 is 23.2 Å². The van der Waals surface area contributed by atoms with Crippen LogP contribution in [0.1, 0.15) is 38.5 Å². The van der Waals surface area contributed by atoms with Gasteiger partial charge in [0.25, 0.3) is 0 Å².